The van der Waals surface area contributed by atoms with Gasteiger partial charge in [-0.2, -0.15) is 0 Å². The van der Waals surface area contributed by atoms with Gasteiger partial charge < -0.3 is 10.5 Å². The number of hydrogen-bond acceptors (Lipinski definition) is 2. The number of anilines is 1. The topological polar surface area (TPSA) is 35.2 Å². The molecule has 0 aliphatic carbocycles. The maximum Gasteiger partial charge on any atom is 0.119 e. The van der Waals surface area contributed by atoms with Crippen LogP contribution < -0.4 is 10.5 Å². The van der Waals surface area contributed by atoms with Crippen LogP contribution in [0.4, 0.5) is 5.69 Å². The van der Waals surface area contributed by atoms with Crippen LogP contribution in [0.3, 0.4) is 0 Å². The van der Waals surface area contributed by atoms with Crippen LogP contribution in [0.15, 0.2) is 66.7 Å². The van der Waals surface area contributed by atoms with E-state index in [1.807, 2.05) is 67.6 Å². The van der Waals surface area contributed by atoms with Gasteiger partial charge in [0.15, 0.2) is 0 Å². The summed E-state index contributed by atoms with van der Waals surface area (Å²) in [6.07, 6.45) is 0. The molecule has 0 amide bonds. The summed E-state index contributed by atoms with van der Waals surface area (Å²) in [6.45, 7) is 2.54. The summed E-state index contributed by atoms with van der Waals surface area (Å²) in [5, 5.41) is 0.658. The van der Waals surface area contributed by atoms with E-state index in [1.54, 1.807) is 6.07 Å². The molecule has 3 aromatic rings. The molecule has 3 rings (SSSR count). The first kappa shape index (κ1) is 15.4. The van der Waals surface area contributed by atoms with Crippen LogP contribution in [-0.4, -0.2) is 0 Å². The molecule has 0 unspecified atom stereocenters. The van der Waals surface area contributed by atoms with Gasteiger partial charge in [0, 0.05) is 11.3 Å². The molecule has 0 aliphatic heterocycles. The third-order valence-electron chi connectivity index (χ3n) is 3.77. The van der Waals surface area contributed by atoms with Crippen molar-refractivity contribution in [2.45, 2.75) is 13.5 Å². The SMILES string of the molecule is Cc1cc(-c2ccc(OCc3ccccc3)cc2)c(Cl)cc1N. The lowest BCUT2D eigenvalue weighted by Crippen LogP contribution is -1.95. The Morgan fingerprint density at radius 2 is 1.65 bits per heavy atom. The lowest BCUT2D eigenvalue weighted by Gasteiger charge is -2.10. The molecule has 0 saturated carbocycles. The van der Waals surface area contributed by atoms with E-state index in [4.69, 9.17) is 22.1 Å². The van der Waals surface area contributed by atoms with E-state index >= 15 is 0 Å². The zero-order valence-electron chi connectivity index (χ0n) is 12.9. The average Bonchev–Trinajstić information content (AvgIpc) is 2.58. The first-order chi connectivity index (χ1) is 11.1. The molecular weight excluding hydrogens is 306 g/mol. The number of benzene rings is 3. The van der Waals surface area contributed by atoms with Gasteiger partial charge in [-0.3, -0.25) is 0 Å². The van der Waals surface area contributed by atoms with E-state index in [-0.39, 0.29) is 0 Å². The first-order valence-corrected chi connectivity index (χ1v) is 7.84. The summed E-state index contributed by atoms with van der Waals surface area (Å²) in [5.74, 6) is 0.834. The molecule has 0 fully saturated rings. The maximum absolute atomic E-state index is 6.31. The fourth-order valence-corrected chi connectivity index (χ4v) is 2.67. The van der Waals surface area contributed by atoms with Crippen molar-refractivity contribution in [3.63, 3.8) is 0 Å². The van der Waals surface area contributed by atoms with Crippen molar-refractivity contribution < 1.29 is 4.74 Å². The number of rotatable bonds is 4. The number of halogens is 1. The van der Waals surface area contributed by atoms with E-state index < -0.39 is 0 Å². The number of nitrogens with two attached hydrogens (primary N) is 1. The molecular formula is C20H18ClNO. The van der Waals surface area contributed by atoms with Crippen LogP contribution in [0.2, 0.25) is 5.02 Å². The second kappa shape index (κ2) is 6.76. The minimum atomic E-state index is 0.557. The Kier molecular flexibility index (Phi) is 4.54. The van der Waals surface area contributed by atoms with Gasteiger partial charge in [0.05, 0.1) is 5.02 Å². The first-order valence-electron chi connectivity index (χ1n) is 7.46. The lowest BCUT2D eigenvalue weighted by molar-refractivity contribution is 0.306. The Morgan fingerprint density at radius 1 is 0.957 bits per heavy atom. The molecule has 0 atom stereocenters. The lowest BCUT2D eigenvalue weighted by atomic mass is 10.0. The van der Waals surface area contributed by atoms with Gasteiger partial charge in [-0.25, -0.2) is 0 Å². The summed E-state index contributed by atoms with van der Waals surface area (Å²) in [4.78, 5) is 0. The molecule has 0 saturated heterocycles. The van der Waals surface area contributed by atoms with Crippen molar-refractivity contribution in [1.82, 2.24) is 0 Å². The highest BCUT2D eigenvalue weighted by Gasteiger charge is 2.07. The fourth-order valence-electron chi connectivity index (χ4n) is 2.39. The summed E-state index contributed by atoms with van der Waals surface area (Å²) in [6, 6.07) is 21.9. The van der Waals surface area contributed by atoms with E-state index in [9.17, 15) is 0 Å². The molecule has 0 aromatic heterocycles. The molecule has 0 aliphatic rings. The van der Waals surface area contributed by atoms with Crippen molar-refractivity contribution in [1.29, 1.82) is 0 Å². The van der Waals surface area contributed by atoms with E-state index in [1.165, 1.54) is 0 Å². The van der Waals surface area contributed by atoms with Gasteiger partial charge in [-0.1, -0.05) is 54.1 Å². The van der Waals surface area contributed by atoms with Crippen molar-refractivity contribution in [2.75, 3.05) is 5.73 Å². The Balaban J connectivity index is 1.76. The highest BCUT2D eigenvalue weighted by molar-refractivity contribution is 6.33. The van der Waals surface area contributed by atoms with Crippen LogP contribution in [0, 0.1) is 6.92 Å². The van der Waals surface area contributed by atoms with Crippen LogP contribution >= 0.6 is 11.6 Å². The number of aryl methyl sites for hydroxylation is 1. The highest BCUT2D eigenvalue weighted by Crippen LogP contribution is 2.32. The number of ether oxygens (including phenoxy) is 1. The molecule has 0 spiro atoms. The number of nitrogen functional groups attached to an aromatic ring is 1. The summed E-state index contributed by atoms with van der Waals surface area (Å²) in [7, 11) is 0. The molecule has 0 bridgehead atoms. The van der Waals surface area contributed by atoms with Gasteiger partial charge in [-0.15, -0.1) is 0 Å². The van der Waals surface area contributed by atoms with Crippen LogP contribution in [0.5, 0.6) is 5.75 Å². The predicted octanol–water partition coefficient (Wildman–Crippen LogP) is 5.48. The van der Waals surface area contributed by atoms with E-state index in [0.29, 0.717) is 17.3 Å². The second-order valence-corrected chi connectivity index (χ2v) is 5.89. The maximum atomic E-state index is 6.31. The standard InChI is InChI=1S/C20H18ClNO/c1-14-11-18(19(21)12-20(14)22)16-7-9-17(10-8-16)23-13-15-5-3-2-4-6-15/h2-12H,13,22H2,1H3. The van der Waals surface area contributed by atoms with Gasteiger partial charge in [0.25, 0.3) is 0 Å². The molecule has 0 heterocycles. The van der Waals surface area contributed by atoms with Crippen LogP contribution in [0.1, 0.15) is 11.1 Å². The van der Waals surface area contributed by atoms with Crippen molar-refractivity contribution in [2.24, 2.45) is 0 Å². The Labute approximate surface area is 141 Å². The summed E-state index contributed by atoms with van der Waals surface area (Å²) in [5.41, 5.74) is 10.8. The van der Waals surface area contributed by atoms with Crippen LogP contribution in [-0.2, 0) is 6.61 Å². The number of hydrogen-bond donors (Lipinski definition) is 1. The minimum absolute atomic E-state index is 0.557. The van der Waals surface area contributed by atoms with Gasteiger partial charge in [0.2, 0.25) is 0 Å². The zero-order chi connectivity index (χ0) is 16.2. The third kappa shape index (κ3) is 3.66. The van der Waals surface area contributed by atoms with E-state index in [0.717, 1.165) is 28.0 Å². The normalized spacial score (nSPS) is 10.5. The third-order valence-corrected chi connectivity index (χ3v) is 4.08. The molecule has 23 heavy (non-hydrogen) atoms. The zero-order valence-corrected chi connectivity index (χ0v) is 13.7. The minimum Gasteiger partial charge on any atom is -0.489 e. The molecule has 116 valence electrons. The monoisotopic (exact) mass is 323 g/mol. The van der Waals surface area contributed by atoms with Crippen molar-refractivity contribution >= 4 is 17.3 Å². The predicted molar refractivity (Wildman–Crippen MR) is 96.8 cm³/mol. The molecule has 2 N–H and O–H groups in total. The fraction of sp³-hybridized carbons (Fsp3) is 0.100. The highest BCUT2D eigenvalue weighted by atomic mass is 35.5. The molecule has 0 radical (unpaired) electrons. The summed E-state index contributed by atoms with van der Waals surface area (Å²) >= 11 is 6.31. The van der Waals surface area contributed by atoms with E-state index in [2.05, 4.69) is 0 Å². The largest absolute Gasteiger partial charge is 0.489 e. The summed E-state index contributed by atoms with van der Waals surface area (Å²) < 4.78 is 5.80. The van der Waals surface area contributed by atoms with Crippen molar-refractivity contribution in [3.8, 4) is 16.9 Å². The van der Waals surface area contributed by atoms with Gasteiger partial charge in [-0.05, 0) is 47.9 Å². The Morgan fingerprint density at radius 3 is 2.35 bits per heavy atom. The van der Waals surface area contributed by atoms with Gasteiger partial charge in [0.1, 0.15) is 12.4 Å². The smallest absolute Gasteiger partial charge is 0.119 e. The van der Waals surface area contributed by atoms with Gasteiger partial charge >= 0.3 is 0 Å². The quantitative estimate of drug-likeness (QED) is 0.645. The van der Waals surface area contributed by atoms with Crippen molar-refractivity contribution in [3.05, 3.63) is 82.9 Å². The molecule has 3 aromatic carbocycles. The average molecular weight is 324 g/mol. The van der Waals surface area contributed by atoms with Crippen LogP contribution in [0.25, 0.3) is 11.1 Å². The Bertz CT molecular complexity index is 798. The Hall–Kier alpha value is -2.45. The molecule has 3 heteroatoms. The molecule has 2 nitrogen and oxygen atoms in total. The second-order valence-electron chi connectivity index (χ2n) is 5.49.